The number of hydrogen-bond donors (Lipinski definition) is 0. The highest BCUT2D eigenvalue weighted by atomic mass is 35.5. The molecule has 0 unspecified atom stereocenters. The quantitative estimate of drug-likeness (QED) is 0.667. The van der Waals surface area contributed by atoms with E-state index in [2.05, 4.69) is 16.8 Å². The molecular weight excluding hydrogens is 172 g/mol. The van der Waals surface area contributed by atoms with E-state index in [-0.39, 0.29) is 0 Å². The molecule has 1 heterocycles. The molecule has 0 saturated carbocycles. The number of nitrogens with zero attached hydrogens (tertiary/aromatic N) is 2. The number of pyridine rings is 1. The van der Waals surface area contributed by atoms with Crippen LogP contribution in [0.5, 0.6) is 0 Å². The molecule has 0 aliphatic rings. The summed E-state index contributed by atoms with van der Waals surface area (Å²) in [5, 5.41) is 0. The van der Waals surface area contributed by atoms with E-state index >= 15 is 0 Å². The molecule has 66 valence electrons. The molecule has 0 aromatic carbocycles. The van der Waals surface area contributed by atoms with Crippen LogP contribution in [0, 0.1) is 0 Å². The largest absolute Gasteiger partial charge is 0.356 e. The van der Waals surface area contributed by atoms with E-state index in [1.807, 2.05) is 18.2 Å². The zero-order valence-electron chi connectivity index (χ0n) is 7.20. The highest BCUT2D eigenvalue weighted by molar-refractivity contribution is 6.18. The summed E-state index contributed by atoms with van der Waals surface area (Å²) >= 11 is 5.66. The summed E-state index contributed by atoms with van der Waals surface area (Å²) in [5.41, 5.74) is 0. The molecule has 0 N–H and O–H groups in total. The monoisotopic (exact) mass is 184 g/mol. The highest BCUT2D eigenvalue weighted by Gasteiger charge is 2.01. The van der Waals surface area contributed by atoms with Gasteiger partial charge in [0.15, 0.2) is 0 Å². The van der Waals surface area contributed by atoms with Crippen molar-refractivity contribution in [3.05, 3.63) is 24.4 Å². The van der Waals surface area contributed by atoms with Crippen LogP contribution in [0.4, 0.5) is 5.82 Å². The van der Waals surface area contributed by atoms with Crippen LogP contribution in [-0.2, 0) is 0 Å². The molecule has 0 atom stereocenters. The third-order valence-corrected chi connectivity index (χ3v) is 1.88. The molecule has 1 rings (SSSR count). The molecule has 3 heteroatoms. The summed E-state index contributed by atoms with van der Waals surface area (Å²) in [4.78, 5) is 6.38. The normalized spacial score (nSPS) is 9.83. The average molecular weight is 185 g/mol. The Morgan fingerprint density at radius 2 is 2.33 bits per heavy atom. The molecule has 1 aromatic rings. The molecule has 0 aliphatic heterocycles. The minimum atomic E-state index is 0.643. The molecule has 0 radical (unpaired) electrons. The number of aromatic nitrogens is 1. The van der Waals surface area contributed by atoms with Gasteiger partial charge in [0.1, 0.15) is 5.82 Å². The van der Waals surface area contributed by atoms with E-state index in [1.165, 1.54) is 0 Å². The van der Waals surface area contributed by atoms with Crippen LogP contribution in [-0.4, -0.2) is 24.0 Å². The Morgan fingerprint density at radius 1 is 1.50 bits per heavy atom. The molecule has 0 bridgehead atoms. The van der Waals surface area contributed by atoms with Gasteiger partial charge < -0.3 is 4.90 Å². The van der Waals surface area contributed by atoms with Gasteiger partial charge in [-0.05, 0) is 19.1 Å². The summed E-state index contributed by atoms with van der Waals surface area (Å²) in [5.74, 6) is 1.64. The molecule has 12 heavy (non-hydrogen) atoms. The maximum absolute atomic E-state index is 5.66. The number of anilines is 1. The predicted molar refractivity (Wildman–Crippen MR) is 52.8 cm³/mol. The van der Waals surface area contributed by atoms with E-state index in [1.54, 1.807) is 6.20 Å². The predicted octanol–water partition coefficient (Wildman–Crippen LogP) is 2.15. The van der Waals surface area contributed by atoms with Crippen molar-refractivity contribution >= 4 is 17.4 Å². The number of rotatable bonds is 4. The number of halogens is 1. The lowest BCUT2D eigenvalue weighted by molar-refractivity contribution is 0.850. The molecule has 0 amide bonds. The second kappa shape index (κ2) is 4.99. The smallest absolute Gasteiger partial charge is 0.128 e. The van der Waals surface area contributed by atoms with E-state index in [4.69, 9.17) is 11.6 Å². The molecule has 0 aliphatic carbocycles. The van der Waals surface area contributed by atoms with Crippen LogP contribution in [0.1, 0.15) is 6.92 Å². The van der Waals surface area contributed by atoms with Crippen molar-refractivity contribution in [3.63, 3.8) is 0 Å². The fourth-order valence-corrected chi connectivity index (χ4v) is 1.28. The van der Waals surface area contributed by atoms with Gasteiger partial charge in [-0.15, -0.1) is 11.6 Å². The Morgan fingerprint density at radius 3 is 2.83 bits per heavy atom. The van der Waals surface area contributed by atoms with Crippen molar-refractivity contribution in [2.45, 2.75) is 6.92 Å². The van der Waals surface area contributed by atoms with Crippen LogP contribution < -0.4 is 4.90 Å². The van der Waals surface area contributed by atoms with Crippen molar-refractivity contribution in [3.8, 4) is 0 Å². The van der Waals surface area contributed by atoms with Gasteiger partial charge in [-0.3, -0.25) is 0 Å². The standard InChI is InChI=1S/C9H13ClN2/c1-2-12(8-6-10)9-5-3-4-7-11-9/h3-5,7H,2,6,8H2,1H3. The summed E-state index contributed by atoms with van der Waals surface area (Å²) in [7, 11) is 0. The molecular formula is C9H13ClN2. The van der Waals surface area contributed by atoms with E-state index in [0.717, 1.165) is 18.9 Å². The molecule has 0 spiro atoms. The summed E-state index contributed by atoms with van der Waals surface area (Å²) in [6.45, 7) is 3.90. The van der Waals surface area contributed by atoms with E-state index in [0.29, 0.717) is 5.88 Å². The molecule has 0 saturated heterocycles. The van der Waals surface area contributed by atoms with Crippen LogP contribution in [0.2, 0.25) is 0 Å². The van der Waals surface area contributed by atoms with Crippen molar-refractivity contribution in [2.75, 3.05) is 23.9 Å². The lowest BCUT2D eigenvalue weighted by Gasteiger charge is -2.19. The SMILES string of the molecule is CCN(CCCl)c1ccccn1. The second-order valence-electron chi connectivity index (χ2n) is 2.46. The van der Waals surface area contributed by atoms with Gasteiger partial charge in [-0.1, -0.05) is 6.07 Å². The van der Waals surface area contributed by atoms with E-state index < -0.39 is 0 Å². The van der Waals surface area contributed by atoms with Gasteiger partial charge in [-0.25, -0.2) is 4.98 Å². The van der Waals surface area contributed by atoms with Crippen molar-refractivity contribution in [1.82, 2.24) is 4.98 Å². The van der Waals surface area contributed by atoms with Crippen LogP contribution in [0.25, 0.3) is 0 Å². The average Bonchev–Trinajstić information content (AvgIpc) is 2.15. The first-order valence-corrected chi connectivity index (χ1v) is 4.64. The van der Waals surface area contributed by atoms with Crippen molar-refractivity contribution in [1.29, 1.82) is 0 Å². The van der Waals surface area contributed by atoms with Crippen molar-refractivity contribution < 1.29 is 0 Å². The lowest BCUT2D eigenvalue weighted by Crippen LogP contribution is -2.25. The van der Waals surface area contributed by atoms with Gasteiger partial charge in [0, 0.05) is 25.2 Å². The van der Waals surface area contributed by atoms with Gasteiger partial charge in [-0.2, -0.15) is 0 Å². The minimum Gasteiger partial charge on any atom is -0.356 e. The maximum atomic E-state index is 5.66. The Hall–Kier alpha value is -0.760. The number of hydrogen-bond acceptors (Lipinski definition) is 2. The summed E-state index contributed by atoms with van der Waals surface area (Å²) in [6, 6.07) is 5.90. The Balaban J connectivity index is 2.66. The van der Waals surface area contributed by atoms with Crippen LogP contribution in [0.15, 0.2) is 24.4 Å². The first-order chi connectivity index (χ1) is 5.88. The fraction of sp³-hybridized carbons (Fsp3) is 0.444. The molecule has 0 fully saturated rings. The van der Waals surface area contributed by atoms with Crippen LogP contribution >= 0.6 is 11.6 Å². The summed E-state index contributed by atoms with van der Waals surface area (Å²) in [6.07, 6.45) is 1.80. The summed E-state index contributed by atoms with van der Waals surface area (Å²) < 4.78 is 0. The van der Waals surface area contributed by atoms with Gasteiger partial charge in [0.25, 0.3) is 0 Å². The minimum absolute atomic E-state index is 0.643. The Labute approximate surface area is 78.2 Å². The Bertz CT molecular complexity index is 213. The zero-order valence-corrected chi connectivity index (χ0v) is 7.96. The van der Waals surface area contributed by atoms with Gasteiger partial charge in [0.05, 0.1) is 0 Å². The fourth-order valence-electron chi connectivity index (χ4n) is 1.08. The van der Waals surface area contributed by atoms with Gasteiger partial charge >= 0.3 is 0 Å². The Kier molecular flexibility index (Phi) is 3.88. The zero-order chi connectivity index (χ0) is 8.81. The van der Waals surface area contributed by atoms with Crippen molar-refractivity contribution in [2.24, 2.45) is 0 Å². The third kappa shape index (κ3) is 2.38. The second-order valence-corrected chi connectivity index (χ2v) is 2.83. The van der Waals surface area contributed by atoms with Gasteiger partial charge in [0.2, 0.25) is 0 Å². The maximum Gasteiger partial charge on any atom is 0.128 e. The van der Waals surface area contributed by atoms with E-state index in [9.17, 15) is 0 Å². The third-order valence-electron chi connectivity index (χ3n) is 1.71. The molecule has 2 nitrogen and oxygen atoms in total. The first-order valence-electron chi connectivity index (χ1n) is 4.10. The lowest BCUT2D eigenvalue weighted by atomic mass is 10.4. The van der Waals surface area contributed by atoms with Crippen LogP contribution in [0.3, 0.4) is 0 Å². The first kappa shape index (κ1) is 9.33. The highest BCUT2D eigenvalue weighted by Crippen LogP contribution is 2.07. The number of alkyl halides is 1. The topological polar surface area (TPSA) is 16.1 Å². The molecule has 1 aromatic heterocycles.